The number of carbonyl (C=O) groups is 1. The highest BCUT2D eigenvalue weighted by Crippen LogP contribution is 2.08. The number of rotatable bonds is 4. The predicted molar refractivity (Wildman–Crippen MR) is 68.8 cm³/mol. The SMILES string of the molecule is O=C(NCCc1cccc(F)c1)c1cc(F)cc(F)c1. The maximum absolute atomic E-state index is 13.0. The third-order valence-electron chi connectivity index (χ3n) is 2.71. The van der Waals surface area contributed by atoms with Gasteiger partial charge in [0, 0.05) is 18.2 Å². The zero-order valence-corrected chi connectivity index (χ0v) is 10.5. The zero-order valence-electron chi connectivity index (χ0n) is 10.5. The van der Waals surface area contributed by atoms with Gasteiger partial charge >= 0.3 is 0 Å². The maximum Gasteiger partial charge on any atom is 0.251 e. The molecule has 0 aliphatic heterocycles. The molecule has 0 saturated carbocycles. The van der Waals surface area contributed by atoms with Crippen LogP contribution < -0.4 is 5.32 Å². The summed E-state index contributed by atoms with van der Waals surface area (Å²) in [6.07, 6.45) is 0.432. The van der Waals surface area contributed by atoms with Crippen LogP contribution >= 0.6 is 0 Å². The number of carbonyl (C=O) groups excluding carboxylic acids is 1. The molecule has 2 nitrogen and oxygen atoms in total. The van der Waals surface area contributed by atoms with Crippen molar-refractivity contribution in [2.75, 3.05) is 6.54 Å². The van der Waals surface area contributed by atoms with E-state index in [9.17, 15) is 18.0 Å². The van der Waals surface area contributed by atoms with Crippen molar-refractivity contribution >= 4 is 5.91 Å². The van der Waals surface area contributed by atoms with Crippen LogP contribution in [0.25, 0.3) is 0 Å². The molecule has 2 rings (SSSR count). The van der Waals surface area contributed by atoms with Crippen LogP contribution in [0, 0.1) is 17.5 Å². The summed E-state index contributed by atoms with van der Waals surface area (Å²) in [6, 6.07) is 8.63. The minimum atomic E-state index is -0.805. The molecule has 0 aliphatic rings. The van der Waals surface area contributed by atoms with Gasteiger partial charge in [0.05, 0.1) is 0 Å². The highest BCUT2D eigenvalue weighted by molar-refractivity contribution is 5.94. The molecule has 5 heteroatoms. The Bertz CT molecular complexity index is 608. The van der Waals surface area contributed by atoms with Crippen molar-refractivity contribution in [2.45, 2.75) is 6.42 Å². The number of hydrogen-bond acceptors (Lipinski definition) is 1. The summed E-state index contributed by atoms with van der Waals surface area (Å²) in [7, 11) is 0. The number of halogens is 3. The minimum Gasteiger partial charge on any atom is -0.352 e. The molecule has 0 saturated heterocycles. The fourth-order valence-electron chi connectivity index (χ4n) is 1.80. The summed E-state index contributed by atoms with van der Waals surface area (Å²) < 4.78 is 38.9. The van der Waals surface area contributed by atoms with Gasteiger partial charge in [0.1, 0.15) is 17.5 Å². The van der Waals surface area contributed by atoms with Crippen LogP contribution in [0.2, 0.25) is 0 Å². The molecule has 0 fully saturated rings. The van der Waals surface area contributed by atoms with Crippen LogP contribution in [-0.4, -0.2) is 12.5 Å². The maximum atomic E-state index is 13.0. The lowest BCUT2D eigenvalue weighted by atomic mass is 10.1. The first-order valence-corrected chi connectivity index (χ1v) is 6.03. The van der Waals surface area contributed by atoms with E-state index in [-0.39, 0.29) is 17.9 Å². The van der Waals surface area contributed by atoms with E-state index in [1.54, 1.807) is 12.1 Å². The molecule has 1 N–H and O–H groups in total. The number of amides is 1. The minimum absolute atomic E-state index is 0.0817. The molecule has 2 aromatic carbocycles. The smallest absolute Gasteiger partial charge is 0.251 e. The van der Waals surface area contributed by atoms with E-state index >= 15 is 0 Å². The largest absolute Gasteiger partial charge is 0.352 e. The van der Waals surface area contributed by atoms with Crippen molar-refractivity contribution in [3.63, 3.8) is 0 Å². The summed E-state index contributed by atoms with van der Waals surface area (Å²) in [5.74, 6) is -2.53. The Morgan fingerprint density at radius 3 is 2.30 bits per heavy atom. The normalized spacial score (nSPS) is 10.3. The molecule has 0 atom stereocenters. The van der Waals surface area contributed by atoms with Crippen molar-refractivity contribution in [2.24, 2.45) is 0 Å². The van der Waals surface area contributed by atoms with E-state index in [2.05, 4.69) is 5.32 Å². The Balaban J connectivity index is 1.92. The van der Waals surface area contributed by atoms with Crippen LogP contribution in [0.3, 0.4) is 0 Å². The third kappa shape index (κ3) is 3.85. The molecule has 0 aliphatic carbocycles. The van der Waals surface area contributed by atoms with E-state index in [1.165, 1.54) is 12.1 Å². The summed E-state index contributed by atoms with van der Waals surface area (Å²) >= 11 is 0. The van der Waals surface area contributed by atoms with Crippen LogP contribution in [0.1, 0.15) is 15.9 Å². The molecule has 2 aromatic rings. The first-order chi connectivity index (χ1) is 9.54. The Hall–Kier alpha value is -2.30. The first kappa shape index (κ1) is 14.1. The molecule has 0 unspecified atom stereocenters. The second-order valence-electron chi connectivity index (χ2n) is 4.29. The summed E-state index contributed by atoms with van der Waals surface area (Å²) in [6.45, 7) is 0.250. The van der Waals surface area contributed by atoms with Crippen LogP contribution in [0.15, 0.2) is 42.5 Å². The zero-order chi connectivity index (χ0) is 14.5. The van der Waals surface area contributed by atoms with Gasteiger partial charge in [0.25, 0.3) is 5.91 Å². The molecule has 0 radical (unpaired) electrons. The predicted octanol–water partition coefficient (Wildman–Crippen LogP) is 3.08. The van der Waals surface area contributed by atoms with E-state index in [4.69, 9.17) is 0 Å². The van der Waals surface area contributed by atoms with Gasteiger partial charge in [-0.3, -0.25) is 4.79 Å². The molecule has 20 heavy (non-hydrogen) atoms. The monoisotopic (exact) mass is 279 g/mol. The van der Waals surface area contributed by atoms with E-state index in [1.807, 2.05) is 0 Å². The average molecular weight is 279 g/mol. The average Bonchev–Trinajstić information content (AvgIpc) is 2.37. The van der Waals surface area contributed by atoms with Gasteiger partial charge in [-0.05, 0) is 36.2 Å². The van der Waals surface area contributed by atoms with Gasteiger partial charge in [-0.15, -0.1) is 0 Å². The lowest BCUT2D eigenvalue weighted by molar-refractivity contribution is 0.0953. The molecule has 0 aromatic heterocycles. The van der Waals surface area contributed by atoms with Crippen molar-refractivity contribution < 1.29 is 18.0 Å². The van der Waals surface area contributed by atoms with Crippen molar-refractivity contribution in [3.8, 4) is 0 Å². The highest BCUT2D eigenvalue weighted by atomic mass is 19.1. The van der Waals surface area contributed by atoms with Gasteiger partial charge in [-0.2, -0.15) is 0 Å². The summed E-state index contributed by atoms with van der Waals surface area (Å²) in [5.41, 5.74) is 0.650. The third-order valence-corrected chi connectivity index (χ3v) is 2.71. The van der Waals surface area contributed by atoms with Crippen molar-refractivity contribution in [1.82, 2.24) is 5.32 Å². The molecule has 0 heterocycles. The second-order valence-corrected chi connectivity index (χ2v) is 4.29. The van der Waals surface area contributed by atoms with Gasteiger partial charge in [-0.25, -0.2) is 13.2 Å². The lowest BCUT2D eigenvalue weighted by Crippen LogP contribution is -2.25. The fourth-order valence-corrected chi connectivity index (χ4v) is 1.80. The quantitative estimate of drug-likeness (QED) is 0.915. The Morgan fingerprint density at radius 1 is 0.950 bits per heavy atom. The van der Waals surface area contributed by atoms with Crippen molar-refractivity contribution in [1.29, 1.82) is 0 Å². The number of hydrogen-bond donors (Lipinski definition) is 1. The molecular weight excluding hydrogens is 267 g/mol. The van der Waals surface area contributed by atoms with E-state index in [0.29, 0.717) is 12.5 Å². The topological polar surface area (TPSA) is 29.1 Å². The lowest BCUT2D eigenvalue weighted by Gasteiger charge is -2.06. The molecule has 1 amide bonds. The van der Waals surface area contributed by atoms with Crippen molar-refractivity contribution in [3.05, 3.63) is 71.0 Å². The van der Waals surface area contributed by atoms with Crippen LogP contribution in [0.5, 0.6) is 0 Å². The number of nitrogens with one attached hydrogen (secondary N) is 1. The molecule has 0 spiro atoms. The Kier molecular flexibility index (Phi) is 4.40. The first-order valence-electron chi connectivity index (χ1n) is 6.03. The van der Waals surface area contributed by atoms with E-state index < -0.39 is 17.5 Å². The summed E-state index contributed by atoms with van der Waals surface area (Å²) in [4.78, 5) is 11.7. The Labute approximate surface area is 114 Å². The van der Waals surface area contributed by atoms with E-state index in [0.717, 1.165) is 17.7 Å². The van der Waals surface area contributed by atoms with Gasteiger partial charge in [0.15, 0.2) is 0 Å². The second kappa shape index (κ2) is 6.23. The highest BCUT2D eigenvalue weighted by Gasteiger charge is 2.08. The number of benzene rings is 2. The Morgan fingerprint density at radius 2 is 1.65 bits per heavy atom. The van der Waals surface area contributed by atoms with Gasteiger partial charge in [0.2, 0.25) is 0 Å². The molecule has 0 bridgehead atoms. The van der Waals surface area contributed by atoms with Crippen LogP contribution in [0.4, 0.5) is 13.2 Å². The van der Waals surface area contributed by atoms with Crippen LogP contribution in [-0.2, 0) is 6.42 Å². The standard InChI is InChI=1S/C15H12F3NO/c16-12-3-1-2-10(6-12)4-5-19-15(20)11-7-13(17)9-14(18)8-11/h1-3,6-9H,4-5H2,(H,19,20). The fraction of sp³-hybridized carbons (Fsp3) is 0.133. The summed E-state index contributed by atoms with van der Waals surface area (Å²) in [5, 5.41) is 2.53. The van der Waals surface area contributed by atoms with Gasteiger partial charge < -0.3 is 5.32 Å². The van der Waals surface area contributed by atoms with Gasteiger partial charge in [-0.1, -0.05) is 12.1 Å². The molecular formula is C15H12F3NO. The molecule has 104 valence electrons.